The van der Waals surface area contributed by atoms with Crippen LogP contribution in [-0.4, -0.2) is 25.2 Å². The van der Waals surface area contributed by atoms with Crippen molar-refractivity contribution < 1.29 is 19.1 Å². The van der Waals surface area contributed by atoms with E-state index in [0.29, 0.717) is 24.2 Å². The number of nitriles is 2. The van der Waals surface area contributed by atoms with Crippen molar-refractivity contribution in [2.24, 2.45) is 29.1 Å². The van der Waals surface area contributed by atoms with E-state index in [2.05, 4.69) is 47.6 Å². The maximum Gasteiger partial charge on any atom is 0.326 e. The summed E-state index contributed by atoms with van der Waals surface area (Å²) in [4.78, 5) is 25.5. The van der Waals surface area contributed by atoms with Gasteiger partial charge in [-0.1, -0.05) is 67.2 Å². The van der Waals surface area contributed by atoms with Gasteiger partial charge in [0.2, 0.25) is 0 Å². The van der Waals surface area contributed by atoms with Crippen LogP contribution in [-0.2, 0) is 19.1 Å². The zero-order chi connectivity index (χ0) is 25.3. The standard InChI is InChI=1S/C27H46N2O4/c1-21(2)12-8-7-9-15-27(20-29,26(31)33-17-11-14-23(5)6)18-24(19-28)25(30)32-16-10-13-22(3)4/h21-24H,7-18H2,1-6H3. The van der Waals surface area contributed by atoms with Crippen LogP contribution in [0.3, 0.4) is 0 Å². The molecule has 0 fully saturated rings. The molecule has 0 aliphatic carbocycles. The van der Waals surface area contributed by atoms with Crippen molar-refractivity contribution in [1.29, 1.82) is 10.5 Å². The number of carbonyl (C=O) groups is 2. The van der Waals surface area contributed by atoms with Crippen LogP contribution in [0.4, 0.5) is 0 Å². The molecule has 0 aromatic rings. The van der Waals surface area contributed by atoms with E-state index in [9.17, 15) is 20.1 Å². The van der Waals surface area contributed by atoms with E-state index in [-0.39, 0.29) is 26.1 Å². The minimum absolute atomic E-state index is 0.184. The molecule has 0 rings (SSSR count). The molecular weight excluding hydrogens is 416 g/mol. The largest absolute Gasteiger partial charge is 0.465 e. The van der Waals surface area contributed by atoms with E-state index in [1.54, 1.807) is 0 Å². The monoisotopic (exact) mass is 462 g/mol. The number of carbonyl (C=O) groups excluding carboxylic acids is 2. The lowest BCUT2D eigenvalue weighted by Crippen LogP contribution is -2.36. The molecule has 2 unspecified atom stereocenters. The Balaban J connectivity index is 5.21. The van der Waals surface area contributed by atoms with E-state index in [0.717, 1.165) is 44.9 Å². The molecule has 6 heteroatoms. The summed E-state index contributed by atoms with van der Waals surface area (Å²) in [5, 5.41) is 19.6. The Hall–Kier alpha value is -2.08. The molecule has 188 valence electrons. The molecule has 33 heavy (non-hydrogen) atoms. The third-order valence-corrected chi connectivity index (χ3v) is 5.81. The van der Waals surface area contributed by atoms with Crippen LogP contribution in [0.1, 0.15) is 106 Å². The Morgan fingerprint density at radius 3 is 1.76 bits per heavy atom. The molecule has 0 N–H and O–H groups in total. The molecule has 2 atom stereocenters. The highest BCUT2D eigenvalue weighted by molar-refractivity contribution is 5.82. The van der Waals surface area contributed by atoms with Crippen LogP contribution in [0.5, 0.6) is 0 Å². The second kappa shape index (κ2) is 17.4. The Bertz CT molecular complexity index is 645. The number of hydrogen-bond acceptors (Lipinski definition) is 6. The molecule has 0 spiro atoms. The summed E-state index contributed by atoms with van der Waals surface area (Å²) in [5.74, 6) is -0.840. The van der Waals surface area contributed by atoms with Gasteiger partial charge in [0.05, 0.1) is 25.4 Å². The van der Waals surface area contributed by atoms with Crippen molar-refractivity contribution in [1.82, 2.24) is 0 Å². The smallest absolute Gasteiger partial charge is 0.326 e. The average molecular weight is 463 g/mol. The minimum Gasteiger partial charge on any atom is -0.465 e. The van der Waals surface area contributed by atoms with Gasteiger partial charge < -0.3 is 9.47 Å². The number of hydrogen-bond donors (Lipinski definition) is 0. The van der Waals surface area contributed by atoms with Gasteiger partial charge in [-0.25, -0.2) is 0 Å². The van der Waals surface area contributed by atoms with Gasteiger partial charge in [0.1, 0.15) is 5.92 Å². The summed E-state index contributed by atoms with van der Waals surface area (Å²) in [5.41, 5.74) is -1.51. The van der Waals surface area contributed by atoms with Gasteiger partial charge in [0.25, 0.3) is 0 Å². The molecule has 0 aromatic carbocycles. The van der Waals surface area contributed by atoms with E-state index < -0.39 is 23.3 Å². The van der Waals surface area contributed by atoms with E-state index in [4.69, 9.17) is 9.47 Å². The number of nitrogens with zero attached hydrogens (tertiary/aromatic N) is 2. The van der Waals surface area contributed by atoms with Gasteiger partial charge in [-0.15, -0.1) is 0 Å². The predicted octanol–water partition coefficient (Wildman–Crippen LogP) is 6.59. The fraction of sp³-hybridized carbons (Fsp3) is 0.852. The molecule has 0 saturated heterocycles. The highest BCUT2D eigenvalue weighted by Gasteiger charge is 2.44. The Kier molecular flexibility index (Phi) is 16.3. The maximum absolute atomic E-state index is 13.0. The first-order chi connectivity index (χ1) is 15.6. The van der Waals surface area contributed by atoms with Gasteiger partial charge in [-0.3, -0.25) is 9.59 Å². The molecule has 0 saturated carbocycles. The van der Waals surface area contributed by atoms with Crippen LogP contribution in [0.2, 0.25) is 0 Å². The second-order valence-corrected chi connectivity index (χ2v) is 10.4. The molecule has 0 aliphatic rings. The molecule has 0 radical (unpaired) electrons. The van der Waals surface area contributed by atoms with Gasteiger partial charge in [-0.2, -0.15) is 10.5 Å². The lowest BCUT2D eigenvalue weighted by Gasteiger charge is -2.26. The fourth-order valence-corrected chi connectivity index (χ4v) is 3.68. The van der Waals surface area contributed by atoms with Crippen LogP contribution in [0, 0.1) is 51.7 Å². The maximum atomic E-state index is 13.0. The Morgan fingerprint density at radius 2 is 1.27 bits per heavy atom. The summed E-state index contributed by atoms with van der Waals surface area (Å²) in [6.07, 6.45) is 7.04. The van der Waals surface area contributed by atoms with Crippen molar-refractivity contribution in [3.05, 3.63) is 0 Å². The SMILES string of the molecule is CC(C)CCCCCC(C#N)(CC(C#N)C(=O)OCCCC(C)C)C(=O)OCCCC(C)C. The van der Waals surface area contributed by atoms with Crippen LogP contribution in [0.15, 0.2) is 0 Å². The van der Waals surface area contributed by atoms with Crippen molar-refractivity contribution in [2.45, 2.75) is 106 Å². The zero-order valence-corrected chi connectivity index (χ0v) is 21.8. The number of unbranched alkanes of at least 4 members (excludes halogenated alkanes) is 2. The minimum atomic E-state index is -1.51. The third-order valence-electron chi connectivity index (χ3n) is 5.81. The predicted molar refractivity (Wildman–Crippen MR) is 130 cm³/mol. The zero-order valence-electron chi connectivity index (χ0n) is 21.8. The van der Waals surface area contributed by atoms with E-state index in [1.165, 1.54) is 0 Å². The second-order valence-electron chi connectivity index (χ2n) is 10.4. The number of rotatable bonds is 18. The van der Waals surface area contributed by atoms with Crippen molar-refractivity contribution >= 4 is 11.9 Å². The first kappa shape index (κ1) is 30.9. The van der Waals surface area contributed by atoms with Crippen molar-refractivity contribution in [2.75, 3.05) is 13.2 Å². The quantitative estimate of drug-likeness (QED) is 0.168. The number of esters is 2. The van der Waals surface area contributed by atoms with Gasteiger partial charge in [0.15, 0.2) is 5.41 Å². The molecule has 0 aliphatic heterocycles. The summed E-state index contributed by atoms with van der Waals surface area (Å²) >= 11 is 0. The van der Waals surface area contributed by atoms with E-state index >= 15 is 0 Å². The highest BCUT2D eigenvalue weighted by Crippen LogP contribution is 2.35. The van der Waals surface area contributed by atoms with Gasteiger partial charge >= 0.3 is 11.9 Å². The lowest BCUT2D eigenvalue weighted by atomic mass is 9.76. The highest BCUT2D eigenvalue weighted by atomic mass is 16.5. The normalized spacial score (nSPS) is 13.9. The number of ether oxygens (including phenoxy) is 2. The van der Waals surface area contributed by atoms with Crippen LogP contribution < -0.4 is 0 Å². The van der Waals surface area contributed by atoms with Gasteiger partial charge in [0, 0.05) is 6.42 Å². The molecule has 0 heterocycles. The molecular formula is C27H46N2O4. The Morgan fingerprint density at radius 1 is 0.758 bits per heavy atom. The third kappa shape index (κ3) is 13.9. The summed E-state index contributed by atoms with van der Waals surface area (Å²) in [7, 11) is 0. The van der Waals surface area contributed by atoms with E-state index in [1.807, 2.05) is 6.07 Å². The van der Waals surface area contributed by atoms with Crippen LogP contribution in [0.25, 0.3) is 0 Å². The Labute approximate surface area is 202 Å². The molecule has 0 bridgehead atoms. The van der Waals surface area contributed by atoms with Gasteiger partial charge in [-0.05, 0) is 49.9 Å². The molecule has 6 nitrogen and oxygen atoms in total. The topological polar surface area (TPSA) is 100 Å². The van der Waals surface area contributed by atoms with Crippen LogP contribution >= 0.6 is 0 Å². The first-order valence-corrected chi connectivity index (χ1v) is 12.7. The fourth-order valence-electron chi connectivity index (χ4n) is 3.68. The van der Waals surface area contributed by atoms with Crippen molar-refractivity contribution in [3.8, 4) is 12.1 Å². The lowest BCUT2D eigenvalue weighted by molar-refractivity contribution is -0.156. The summed E-state index contributed by atoms with van der Waals surface area (Å²) in [6.45, 7) is 13.2. The first-order valence-electron chi connectivity index (χ1n) is 12.7. The average Bonchev–Trinajstić information content (AvgIpc) is 2.75. The molecule has 0 amide bonds. The summed E-state index contributed by atoms with van der Waals surface area (Å²) in [6, 6.07) is 4.09. The van der Waals surface area contributed by atoms with Crippen molar-refractivity contribution in [3.63, 3.8) is 0 Å². The summed E-state index contributed by atoms with van der Waals surface area (Å²) < 4.78 is 10.8. The molecule has 0 aromatic heterocycles.